The smallest absolute Gasteiger partial charge is 0.253 e. The van der Waals surface area contributed by atoms with Gasteiger partial charge in [0.25, 0.3) is 11.8 Å². The number of carbonyl (C=O) groups is 2. The average Bonchev–Trinajstić information content (AvgIpc) is 2.63. The number of amides is 2. The van der Waals surface area contributed by atoms with Gasteiger partial charge in [0, 0.05) is 5.02 Å². The van der Waals surface area contributed by atoms with E-state index in [2.05, 4.69) is 41.5 Å². The molecule has 1 heterocycles. The van der Waals surface area contributed by atoms with Crippen molar-refractivity contribution in [1.82, 2.24) is 4.57 Å². The summed E-state index contributed by atoms with van der Waals surface area (Å²) < 4.78 is 1.63. The molecule has 0 unspecified atom stereocenters. The van der Waals surface area contributed by atoms with Crippen LogP contribution in [0.3, 0.4) is 0 Å². The van der Waals surface area contributed by atoms with E-state index in [9.17, 15) is 9.59 Å². The molecule has 1 aliphatic heterocycles. The maximum absolute atomic E-state index is 13.0. The van der Waals surface area contributed by atoms with E-state index in [1.54, 1.807) is 22.8 Å². The third-order valence-corrected chi connectivity index (χ3v) is 12.0. The molecule has 1 aromatic carbocycles. The summed E-state index contributed by atoms with van der Waals surface area (Å²) in [7, 11) is -2.34. The number of hydrogen-bond donors (Lipinski definition) is 0. The summed E-state index contributed by atoms with van der Waals surface area (Å²) in [6.45, 7) is 12.8. The van der Waals surface area contributed by atoms with Gasteiger partial charge in [0.2, 0.25) is 0 Å². The molecule has 120 valence electrons. The van der Waals surface area contributed by atoms with Crippen molar-refractivity contribution in [2.45, 2.75) is 58.2 Å². The molecule has 0 saturated heterocycles. The minimum atomic E-state index is -2.34. The Hall–Kier alpha value is -1.13. The summed E-state index contributed by atoms with van der Waals surface area (Å²) in [5.74, 6) is -0.301. The van der Waals surface area contributed by atoms with Crippen molar-refractivity contribution < 1.29 is 9.59 Å². The summed E-state index contributed by atoms with van der Waals surface area (Å²) in [5.41, 5.74) is 1.84. The molecule has 1 aromatic rings. The lowest BCUT2D eigenvalue weighted by Crippen LogP contribution is -2.62. The SMILES string of the molecule is CC(C)[Si](C(C)C)(C(C)C)N1C(=O)c2ccc(Cl)cc2C1=O. The number of fused-ring (bicyclic) bond motifs is 1. The first-order chi connectivity index (χ1) is 10.2. The molecule has 0 atom stereocenters. The molecule has 0 spiro atoms. The predicted molar refractivity (Wildman–Crippen MR) is 93.0 cm³/mol. The molecule has 2 rings (SSSR count). The molecular formula is C17H24ClNO2Si. The molecule has 0 N–H and O–H groups in total. The van der Waals surface area contributed by atoms with Crippen molar-refractivity contribution >= 4 is 31.7 Å². The number of carbonyl (C=O) groups excluding carboxylic acids is 2. The van der Waals surface area contributed by atoms with Gasteiger partial charge < -0.3 is 4.57 Å². The minimum Gasteiger partial charge on any atom is -0.303 e. The van der Waals surface area contributed by atoms with Crippen LogP contribution in [0.25, 0.3) is 0 Å². The molecule has 5 heteroatoms. The first kappa shape index (κ1) is 17.2. The van der Waals surface area contributed by atoms with Crippen LogP contribution in [0, 0.1) is 0 Å². The summed E-state index contributed by atoms with van der Waals surface area (Å²) in [6, 6.07) is 4.98. The molecule has 0 bridgehead atoms. The van der Waals surface area contributed by atoms with E-state index < -0.39 is 8.24 Å². The predicted octanol–water partition coefficient (Wildman–Crippen LogP) is 5.11. The van der Waals surface area contributed by atoms with E-state index in [0.29, 0.717) is 32.8 Å². The Bertz CT molecular complexity index is 603. The fourth-order valence-corrected chi connectivity index (χ4v) is 11.0. The highest BCUT2D eigenvalue weighted by Crippen LogP contribution is 2.47. The van der Waals surface area contributed by atoms with Crippen molar-refractivity contribution in [2.75, 3.05) is 0 Å². The lowest BCUT2D eigenvalue weighted by Gasteiger charge is -2.48. The molecule has 3 nitrogen and oxygen atoms in total. The summed E-state index contributed by atoms with van der Waals surface area (Å²) in [4.78, 5) is 26.0. The molecule has 0 saturated carbocycles. The summed E-state index contributed by atoms with van der Waals surface area (Å²) in [6.07, 6.45) is 0. The van der Waals surface area contributed by atoms with Crippen LogP contribution in [0.15, 0.2) is 18.2 Å². The first-order valence-corrected chi connectivity index (χ1v) is 10.4. The largest absolute Gasteiger partial charge is 0.303 e. The van der Waals surface area contributed by atoms with Crippen molar-refractivity contribution in [1.29, 1.82) is 0 Å². The van der Waals surface area contributed by atoms with Gasteiger partial charge in [0.05, 0.1) is 11.1 Å². The maximum Gasteiger partial charge on any atom is 0.253 e. The number of halogens is 1. The van der Waals surface area contributed by atoms with Crippen LogP contribution in [0.1, 0.15) is 62.3 Å². The Morgan fingerprint density at radius 2 is 1.32 bits per heavy atom. The highest BCUT2D eigenvalue weighted by atomic mass is 35.5. The van der Waals surface area contributed by atoms with Crippen molar-refractivity contribution in [3.8, 4) is 0 Å². The molecule has 0 aliphatic carbocycles. The average molecular weight is 338 g/mol. The monoisotopic (exact) mass is 337 g/mol. The van der Waals surface area contributed by atoms with E-state index in [1.165, 1.54) is 0 Å². The van der Waals surface area contributed by atoms with Gasteiger partial charge in [0.15, 0.2) is 8.24 Å². The standard InChI is InChI=1S/C17H24ClNO2Si/c1-10(2)22(11(3)4,12(5)6)19-16(20)14-8-7-13(18)9-15(14)17(19)21/h7-12H,1-6H3. The quantitative estimate of drug-likeness (QED) is 0.565. The minimum absolute atomic E-state index is 0.139. The Kier molecular flexibility index (Phi) is 4.55. The Morgan fingerprint density at radius 1 is 0.864 bits per heavy atom. The van der Waals surface area contributed by atoms with E-state index in [0.717, 1.165) is 0 Å². The van der Waals surface area contributed by atoms with E-state index in [4.69, 9.17) is 11.6 Å². The molecule has 1 aliphatic rings. The fourth-order valence-electron chi connectivity index (χ4n) is 4.34. The Morgan fingerprint density at radius 3 is 1.77 bits per heavy atom. The van der Waals surface area contributed by atoms with Crippen LogP contribution in [-0.4, -0.2) is 24.6 Å². The Balaban J connectivity index is 2.66. The molecule has 2 amide bonds. The van der Waals surface area contributed by atoms with Crippen LogP contribution in [0.4, 0.5) is 0 Å². The van der Waals surface area contributed by atoms with E-state index in [1.807, 2.05) is 0 Å². The van der Waals surface area contributed by atoms with Crippen molar-refractivity contribution in [3.63, 3.8) is 0 Å². The molecule has 22 heavy (non-hydrogen) atoms. The number of rotatable bonds is 4. The Labute approximate surface area is 138 Å². The first-order valence-electron chi connectivity index (χ1n) is 7.84. The van der Waals surface area contributed by atoms with Crippen LogP contribution in [0.5, 0.6) is 0 Å². The third kappa shape index (κ3) is 2.24. The molecular weight excluding hydrogens is 314 g/mol. The van der Waals surface area contributed by atoms with Gasteiger partial charge in [-0.3, -0.25) is 9.59 Å². The van der Waals surface area contributed by atoms with Gasteiger partial charge in [-0.1, -0.05) is 53.1 Å². The van der Waals surface area contributed by atoms with Crippen LogP contribution >= 0.6 is 11.6 Å². The van der Waals surface area contributed by atoms with Gasteiger partial charge in [-0.2, -0.15) is 0 Å². The van der Waals surface area contributed by atoms with Crippen LogP contribution < -0.4 is 0 Å². The topological polar surface area (TPSA) is 37.4 Å². The fraction of sp³-hybridized carbons (Fsp3) is 0.529. The van der Waals surface area contributed by atoms with Crippen LogP contribution in [-0.2, 0) is 0 Å². The number of imide groups is 1. The van der Waals surface area contributed by atoms with Gasteiger partial charge in [-0.15, -0.1) is 0 Å². The van der Waals surface area contributed by atoms with Crippen molar-refractivity contribution in [3.05, 3.63) is 34.3 Å². The molecule has 0 fully saturated rings. The highest BCUT2D eigenvalue weighted by Gasteiger charge is 2.56. The van der Waals surface area contributed by atoms with E-state index >= 15 is 0 Å². The van der Waals surface area contributed by atoms with Gasteiger partial charge >= 0.3 is 0 Å². The van der Waals surface area contributed by atoms with Crippen molar-refractivity contribution in [2.24, 2.45) is 0 Å². The second-order valence-electron chi connectivity index (χ2n) is 6.99. The zero-order valence-corrected chi connectivity index (χ0v) is 15.9. The van der Waals surface area contributed by atoms with Gasteiger partial charge in [0.1, 0.15) is 0 Å². The lowest BCUT2D eigenvalue weighted by atomic mass is 10.1. The van der Waals surface area contributed by atoms with Crippen LogP contribution in [0.2, 0.25) is 21.6 Å². The maximum atomic E-state index is 13.0. The lowest BCUT2D eigenvalue weighted by molar-refractivity contribution is 0.0742. The van der Waals surface area contributed by atoms with Gasteiger partial charge in [-0.05, 0) is 34.8 Å². The highest BCUT2D eigenvalue weighted by molar-refractivity contribution is 6.85. The normalized spacial score (nSPS) is 15.5. The zero-order valence-electron chi connectivity index (χ0n) is 14.1. The number of hydrogen-bond acceptors (Lipinski definition) is 2. The molecule has 0 radical (unpaired) electrons. The summed E-state index contributed by atoms with van der Waals surface area (Å²) in [5, 5.41) is 0.493. The zero-order chi connectivity index (χ0) is 16.8. The second kappa shape index (κ2) is 5.82. The number of benzene rings is 1. The molecule has 0 aromatic heterocycles. The third-order valence-electron chi connectivity index (χ3n) is 5.01. The van der Waals surface area contributed by atoms with Gasteiger partial charge in [-0.25, -0.2) is 0 Å². The summed E-state index contributed by atoms with van der Waals surface area (Å²) >= 11 is 6.02. The number of nitrogens with zero attached hydrogens (tertiary/aromatic N) is 1. The van der Waals surface area contributed by atoms with E-state index in [-0.39, 0.29) is 11.8 Å². The second-order valence-corrected chi connectivity index (χ2v) is 13.1.